The second-order valence-corrected chi connectivity index (χ2v) is 7.50. The van der Waals surface area contributed by atoms with Crippen LogP contribution in [0.1, 0.15) is 50.6 Å². The quantitative estimate of drug-likeness (QED) is 0.644. The third kappa shape index (κ3) is 3.85. The molecule has 1 saturated carbocycles. The average Bonchev–Trinajstić information content (AvgIpc) is 2.91. The van der Waals surface area contributed by atoms with E-state index in [9.17, 15) is 24.3 Å². The fourth-order valence-electron chi connectivity index (χ4n) is 4.02. The number of benzene rings is 1. The van der Waals surface area contributed by atoms with Crippen LogP contribution in [0.3, 0.4) is 0 Å². The first-order valence-electron chi connectivity index (χ1n) is 9.57. The fraction of sp³-hybridized carbons (Fsp3) is 0.500. The lowest BCUT2D eigenvalue weighted by molar-refractivity contribution is -0.142. The maximum Gasteiger partial charge on any atom is 0.330 e. The van der Waals surface area contributed by atoms with Crippen LogP contribution in [-0.4, -0.2) is 45.9 Å². The van der Waals surface area contributed by atoms with E-state index in [2.05, 4.69) is 17.6 Å². The van der Waals surface area contributed by atoms with Crippen LogP contribution in [0.5, 0.6) is 0 Å². The highest BCUT2D eigenvalue weighted by Crippen LogP contribution is 2.37. The number of carbonyl (C=O) groups excluding carboxylic acids is 3. The van der Waals surface area contributed by atoms with Gasteiger partial charge in [-0.05, 0) is 37.2 Å². The minimum absolute atomic E-state index is 0.395. The van der Waals surface area contributed by atoms with Crippen molar-refractivity contribution < 1.29 is 24.3 Å². The van der Waals surface area contributed by atoms with Crippen molar-refractivity contribution in [3.8, 4) is 0 Å². The van der Waals surface area contributed by atoms with Crippen molar-refractivity contribution in [2.24, 2.45) is 5.92 Å². The first kappa shape index (κ1) is 19.9. The van der Waals surface area contributed by atoms with Crippen LogP contribution in [-0.2, 0) is 14.4 Å². The second kappa shape index (κ2) is 8.00. The highest BCUT2D eigenvalue weighted by molar-refractivity contribution is 6.09. The van der Waals surface area contributed by atoms with Crippen LogP contribution in [0.15, 0.2) is 30.3 Å². The number of carboxylic acid groups (broad SMARTS) is 1. The number of rotatable bonds is 6. The first-order valence-corrected chi connectivity index (χ1v) is 9.57. The zero-order valence-corrected chi connectivity index (χ0v) is 15.8. The van der Waals surface area contributed by atoms with E-state index in [1.807, 2.05) is 0 Å². The van der Waals surface area contributed by atoms with E-state index in [-0.39, 0.29) is 0 Å². The largest absolute Gasteiger partial charge is 0.479 e. The summed E-state index contributed by atoms with van der Waals surface area (Å²) in [4.78, 5) is 50.0. The molecule has 4 amide bonds. The SMILES string of the molecule is CCC1CCC2(CC1)NC(=O)N(CC(=O)N[C@@H](C(=O)O)c1ccccc1)C2=O. The van der Waals surface area contributed by atoms with Gasteiger partial charge in [0, 0.05) is 0 Å². The zero-order chi connectivity index (χ0) is 20.3. The summed E-state index contributed by atoms with van der Waals surface area (Å²) in [6, 6.07) is 6.42. The summed E-state index contributed by atoms with van der Waals surface area (Å²) in [5, 5.41) is 14.6. The summed E-state index contributed by atoms with van der Waals surface area (Å²) in [6.07, 6.45) is 3.89. The molecule has 0 unspecified atom stereocenters. The van der Waals surface area contributed by atoms with Gasteiger partial charge in [0.2, 0.25) is 5.91 Å². The van der Waals surface area contributed by atoms with Crippen molar-refractivity contribution in [2.45, 2.75) is 50.6 Å². The molecule has 1 aliphatic carbocycles. The van der Waals surface area contributed by atoms with Crippen molar-refractivity contribution in [3.63, 3.8) is 0 Å². The Morgan fingerprint density at radius 2 is 1.89 bits per heavy atom. The standard InChI is InChI=1S/C20H25N3O5/c1-2-13-8-10-20(11-9-13)18(27)23(19(28)22-20)12-15(24)21-16(17(25)26)14-6-4-3-5-7-14/h3-7,13,16H,2,8-12H2,1H3,(H,21,24)(H,22,28)(H,25,26)/t13?,16-,20?/m1/s1. The van der Waals surface area contributed by atoms with Gasteiger partial charge in [-0.1, -0.05) is 43.7 Å². The lowest BCUT2D eigenvalue weighted by atomic mass is 9.75. The Labute approximate surface area is 163 Å². The number of amides is 4. The molecule has 0 bridgehead atoms. The normalized spacial score (nSPS) is 25.5. The average molecular weight is 387 g/mol. The number of aliphatic carboxylic acids is 1. The molecule has 3 N–H and O–H groups in total. The molecule has 0 radical (unpaired) electrons. The molecule has 1 aliphatic heterocycles. The maximum absolute atomic E-state index is 12.9. The number of imide groups is 1. The summed E-state index contributed by atoms with van der Waals surface area (Å²) < 4.78 is 0. The van der Waals surface area contributed by atoms with Crippen LogP contribution < -0.4 is 10.6 Å². The lowest BCUT2D eigenvalue weighted by Crippen LogP contribution is -2.50. The second-order valence-electron chi connectivity index (χ2n) is 7.50. The number of urea groups is 1. The molecule has 1 aromatic carbocycles. The first-order chi connectivity index (χ1) is 13.4. The smallest absolute Gasteiger partial charge is 0.330 e. The van der Waals surface area contributed by atoms with Gasteiger partial charge in [0.1, 0.15) is 12.1 Å². The van der Waals surface area contributed by atoms with E-state index in [0.717, 1.165) is 24.2 Å². The molecule has 1 heterocycles. The molecule has 1 aromatic rings. The van der Waals surface area contributed by atoms with Gasteiger partial charge in [-0.15, -0.1) is 0 Å². The molecule has 1 atom stereocenters. The molecule has 0 aromatic heterocycles. The molecule has 1 spiro atoms. The molecular weight excluding hydrogens is 362 g/mol. The third-order valence-corrected chi connectivity index (χ3v) is 5.77. The topological polar surface area (TPSA) is 116 Å². The summed E-state index contributed by atoms with van der Waals surface area (Å²) in [5.74, 6) is -1.76. The van der Waals surface area contributed by atoms with E-state index in [4.69, 9.17) is 0 Å². The van der Waals surface area contributed by atoms with Crippen molar-refractivity contribution in [1.82, 2.24) is 15.5 Å². The number of hydrogen-bond donors (Lipinski definition) is 3. The Kier molecular flexibility index (Phi) is 5.67. The number of carboxylic acids is 1. The van der Waals surface area contributed by atoms with E-state index >= 15 is 0 Å². The van der Waals surface area contributed by atoms with Crippen LogP contribution >= 0.6 is 0 Å². The monoisotopic (exact) mass is 387 g/mol. The minimum Gasteiger partial charge on any atom is -0.479 e. The number of nitrogens with zero attached hydrogens (tertiary/aromatic N) is 1. The summed E-state index contributed by atoms with van der Waals surface area (Å²) in [5.41, 5.74) is -0.510. The fourth-order valence-corrected chi connectivity index (χ4v) is 4.02. The molecule has 2 fully saturated rings. The summed E-state index contributed by atoms with van der Waals surface area (Å²) >= 11 is 0. The summed E-state index contributed by atoms with van der Waals surface area (Å²) in [6.45, 7) is 1.61. The van der Waals surface area contributed by atoms with E-state index in [1.165, 1.54) is 0 Å². The molecule has 28 heavy (non-hydrogen) atoms. The predicted octanol–water partition coefficient (Wildman–Crippen LogP) is 1.82. The molecule has 8 nitrogen and oxygen atoms in total. The molecule has 1 saturated heterocycles. The van der Waals surface area contributed by atoms with Crippen LogP contribution in [0.2, 0.25) is 0 Å². The van der Waals surface area contributed by atoms with Gasteiger partial charge < -0.3 is 15.7 Å². The van der Waals surface area contributed by atoms with Crippen LogP contribution in [0, 0.1) is 5.92 Å². The van der Waals surface area contributed by atoms with Gasteiger partial charge >= 0.3 is 12.0 Å². The Bertz CT molecular complexity index is 771. The van der Waals surface area contributed by atoms with Crippen molar-refractivity contribution in [3.05, 3.63) is 35.9 Å². The van der Waals surface area contributed by atoms with Crippen molar-refractivity contribution in [2.75, 3.05) is 6.54 Å². The molecule has 150 valence electrons. The minimum atomic E-state index is -1.25. The Balaban J connectivity index is 1.66. The molecule has 3 rings (SSSR count). The van der Waals surface area contributed by atoms with E-state index < -0.39 is 41.9 Å². The zero-order valence-electron chi connectivity index (χ0n) is 15.8. The number of nitrogens with one attached hydrogen (secondary N) is 2. The van der Waals surface area contributed by atoms with Gasteiger partial charge in [0.15, 0.2) is 6.04 Å². The summed E-state index contributed by atoms with van der Waals surface area (Å²) in [7, 11) is 0. The Hall–Kier alpha value is -2.90. The highest BCUT2D eigenvalue weighted by Gasteiger charge is 2.52. The van der Waals surface area contributed by atoms with Gasteiger partial charge in [0.05, 0.1) is 0 Å². The van der Waals surface area contributed by atoms with E-state index in [0.29, 0.717) is 24.3 Å². The molecule has 2 aliphatic rings. The molecular formula is C20H25N3O5. The van der Waals surface area contributed by atoms with Crippen molar-refractivity contribution >= 4 is 23.8 Å². The maximum atomic E-state index is 12.9. The Morgan fingerprint density at radius 1 is 1.25 bits per heavy atom. The van der Waals surface area contributed by atoms with Gasteiger partial charge in [-0.3, -0.25) is 14.5 Å². The van der Waals surface area contributed by atoms with Gasteiger partial charge in [0.25, 0.3) is 5.91 Å². The third-order valence-electron chi connectivity index (χ3n) is 5.77. The molecule has 8 heteroatoms. The van der Waals surface area contributed by atoms with Crippen LogP contribution in [0.25, 0.3) is 0 Å². The van der Waals surface area contributed by atoms with Crippen LogP contribution in [0.4, 0.5) is 4.79 Å². The Morgan fingerprint density at radius 3 is 2.46 bits per heavy atom. The lowest BCUT2D eigenvalue weighted by Gasteiger charge is -2.34. The van der Waals surface area contributed by atoms with E-state index in [1.54, 1.807) is 30.3 Å². The highest BCUT2D eigenvalue weighted by atomic mass is 16.4. The predicted molar refractivity (Wildman–Crippen MR) is 100 cm³/mol. The number of hydrogen-bond acceptors (Lipinski definition) is 4. The van der Waals surface area contributed by atoms with Gasteiger partial charge in [-0.2, -0.15) is 0 Å². The van der Waals surface area contributed by atoms with Gasteiger partial charge in [-0.25, -0.2) is 9.59 Å². The van der Waals surface area contributed by atoms with Crippen molar-refractivity contribution in [1.29, 1.82) is 0 Å². The number of carbonyl (C=O) groups is 4.